The molecule has 0 aromatic heterocycles. The summed E-state index contributed by atoms with van der Waals surface area (Å²) in [6.45, 7) is 1.18. The van der Waals surface area contributed by atoms with Gasteiger partial charge in [0.1, 0.15) is 0 Å². The second-order valence-electron chi connectivity index (χ2n) is 6.65. The predicted octanol–water partition coefficient (Wildman–Crippen LogP) is 3.71. The molecule has 2 aromatic rings. The molecule has 1 atom stereocenters. The summed E-state index contributed by atoms with van der Waals surface area (Å²) >= 11 is 0. The van der Waals surface area contributed by atoms with E-state index in [0.717, 1.165) is 0 Å². The van der Waals surface area contributed by atoms with Crippen LogP contribution in [0.4, 0.5) is 5.69 Å². The average molecular weight is 292 g/mol. The van der Waals surface area contributed by atoms with Gasteiger partial charge < -0.3 is 4.90 Å². The summed E-state index contributed by atoms with van der Waals surface area (Å²) in [5.74, 6) is 0. The highest BCUT2D eigenvalue weighted by Crippen LogP contribution is 2.32. The summed E-state index contributed by atoms with van der Waals surface area (Å²) in [4.78, 5) is 5.21. The summed E-state index contributed by atoms with van der Waals surface area (Å²) < 4.78 is 0. The Morgan fingerprint density at radius 1 is 0.909 bits per heavy atom. The van der Waals surface area contributed by atoms with Crippen LogP contribution in [0.1, 0.15) is 24.0 Å². The second kappa shape index (κ2) is 5.77. The lowest BCUT2D eigenvalue weighted by Gasteiger charge is -2.37. The second-order valence-corrected chi connectivity index (χ2v) is 6.65. The molecule has 4 rings (SSSR count). The summed E-state index contributed by atoms with van der Waals surface area (Å²) in [6.07, 6.45) is 5.51. The third kappa shape index (κ3) is 2.42. The van der Waals surface area contributed by atoms with Gasteiger partial charge in [-0.1, -0.05) is 42.5 Å². The predicted molar refractivity (Wildman–Crippen MR) is 92.2 cm³/mol. The molecule has 22 heavy (non-hydrogen) atoms. The zero-order valence-electron chi connectivity index (χ0n) is 13.3. The van der Waals surface area contributed by atoms with Gasteiger partial charge in [0.15, 0.2) is 0 Å². The molecule has 1 heterocycles. The van der Waals surface area contributed by atoms with Crippen LogP contribution in [0.25, 0.3) is 0 Å². The van der Waals surface area contributed by atoms with Crippen LogP contribution in [-0.2, 0) is 12.8 Å². The van der Waals surface area contributed by atoms with Crippen LogP contribution in [0.15, 0.2) is 54.6 Å². The Bertz CT molecular complexity index is 612. The normalized spacial score (nSPS) is 21.5. The van der Waals surface area contributed by atoms with E-state index >= 15 is 0 Å². The van der Waals surface area contributed by atoms with E-state index in [-0.39, 0.29) is 0 Å². The Balaban J connectivity index is 1.52. The largest absolute Gasteiger partial charge is 0.356 e. The van der Waals surface area contributed by atoms with Crippen molar-refractivity contribution >= 4 is 5.69 Å². The molecule has 0 N–H and O–H groups in total. The lowest BCUT2D eigenvalue weighted by atomic mass is 10.1. The van der Waals surface area contributed by atoms with Gasteiger partial charge in [0.25, 0.3) is 0 Å². The van der Waals surface area contributed by atoms with E-state index in [9.17, 15) is 0 Å². The standard InChI is InChI=1S/C20H24N2/c1-21(19-14-16-8-5-6-9-17(16)15-19)20-12-7-13-22(20)18-10-3-2-4-11-18/h2-6,8-11,19-20H,7,12-15H2,1H3. The minimum Gasteiger partial charge on any atom is -0.356 e. The molecule has 1 fully saturated rings. The number of anilines is 1. The molecule has 1 aliphatic carbocycles. The van der Waals surface area contributed by atoms with Crippen LogP contribution in [-0.4, -0.2) is 30.7 Å². The maximum Gasteiger partial charge on any atom is 0.0821 e. The van der Waals surface area contributed by atoms with Gasteiger partial charge in [-0.3, -0.25) is 4.90 Å². The van der Waals surface area contributed by atoms with E-state index in [4.69, 9.17) is 0 Å². The highest BCUT2D eigenvalue weighted by atomic mass is 15.4. The first-order chi connectivity index (χ1) is 10.8. The van der Waals surface area contributed by atoms with Gasteiger partial charge >= 0.3 is 0 Å². The molecular weight excluding hydrogens is 268 g/mol. The smallest absolute Gasteiger partial charge is 0.0821 e. The molecule has 0 radical (unpaired) electrons. The van der Waals surface area contributed by atoms with Crippen LogP contribution in [0.2, 0.25) is 0 Å². The molecule has 0 bridgehead atoms. The van der Waals surface area contributed by atoms with E-state index in [1.54, 1.807) is 11.1 Å². The van der Waals surface area contributed by atoms with Crippen molar-refractivity contribution in [1.29, 1.82) is 0 Å². The number of hydrogen-bond donors (Lipinski definition) is 0. The fraction of sp³-hybridized carbons (Fsp3) is 0.400. The van der Waals surface area contributed by atoms with Gasteiger partial charge in [0.2, 0.25) is 0 Å². The molecule has 0 saturated carbocycles. The van der Waals surface area contributed by atoms with Crippen LogP contribution >= 0.6 is 0 Å². The summed E-state index contributed by atoms with van der Waals surface area (Å²) in [5, 5.41) is 0. The Morgan fingerprint density at radius 2 is 1.55 bits per heavy atom. The van der Waals surface area contributed by atoms with Crippen molar-refractivity contribution in [1.82, 2.24) is 4.90 Å². The van der Waals surface area contributed by atoms with Crippen molar-refractivity contribution in [3.05, 3.63) is 65.7 Å². The van der Waals surface area contributed by atoms with Crippen molar-refractivity contribution in [3.8, 4) is 0 Å². The molecule has 0 spiro atoms. The van der Waals surface area contributed by atoms with Crippen molar-refractivity contribution in [2.45, 2.75) is 37.9 Å². The van der Waals surface area contributed by atoms with E-state index < -0.39 is 0 Å². The van der Waals surface area contributed by atoms with E-state index in [1.807, 2.05) is 0 Å². The zero-order chi connectivity index (χ0) is 14.9. The van der Waals surface area contributed by atoms with Crippen LogP contribution < -0.4 is 4.90 Å². The molecular formula is C20H24N2. The number of rotatable bonds is 3. The number of para-hydroxylation sites is 1. The summed E-state index contributed by atoms with van der Waals surface area (Å²) in [6, 6.07) is 20.5. The Hall–Kier alpha value is -1.80. The maximum absolute atomic E-state index is 2.62. The van der Waals surface area contributed by atoms with Crippen molar-refractivity contribution in [2.75, 3.05) is 18.5 Å². The molecule has 0 amide bonds. The minimum absolute atomic E-state index is 0.543. The number of likely N-dealkylation sites (N-methyl/N-ethyl adjacent to an activating group) is 1. The maximum atomic E-state index is 2.62. The lowest BCUT2D eigenvalue weighted by molar-refractivity contribution is 0.181. The molecule has 114 valence electrons. The third-order valence-corrected chi connectivity index (χ3v) is 5.38. The number of hydrogen-bond acceptors (Lipinski definition) is 2. The number of nitrogens with zero attached hydrogens (tertiary/aromatic N) is 2. The first-order valence-electron chi connectivity index (χ1n) is 8.43. The van der Waals surface area contributed by atoms with Gasteiger partial charge in [-0.2, -0.15) is 0 Å². The molecule has 2 aromatic carbocycles. The summed E-state index contributed by atoms with van der Waals surface area (Å²) in [5.41, 5.74) is 4.46. The summed E-state index contributed by atoms with van der Waals surface area (Å²) in [7, 11) is 2.32. The number of fused-ring (bicyclic) bond motifs is 1. The molecule has 2 nitrogen and oxygen atoms in total. The van der Waals surface area contributed by atoms with Crippen molar-refractivity contribution < 1.29 is 0 Å². The first kappa shape index (κ1) is 13.8. The van der Waals surface area contributed by atoms with Crippen LogP contribution in [0, 0.1) is 0 Å². The third-order valence-electron chi connectivity index (χ3n) is 5.38. The molecule has 2 aliphatic rings. The fourth-order valence-corrected chi connectivity index (χ4v) is 4.16. The topological polar surface area (TPSA) is 6.48 Å². The quantitative estimate of drug-likeness (QED) is 0.851. The lowest BCUT2D eigenvalue weighted by Crippen LogP contribution is -2.48. The van der Waals surface area contributed by atoms with Crippen LogP contribution in [0.5, 0.6) is 0 Å². The monoisotopic (exact) mass is 292 g/mol. The average Bonchev–Trinajstić information content (AvgIpc) is 3.21. The van der Waals surface area contributed by atoms with Gasteiger partial charge in [-0.25, -0.2) is 0 Å². The van der Waals surface area contributed by atoms with E-state index in [2.05, 4.69) is 71.4 Å². The van der Waals surface area contributed by atoms with Crippen molar-refractivity contribution in [3.63, 3.8) is 0 Å². The SMILES string of the molecule is CN(C1Cc2ccccc2C1)C1CCCN1c1ccccc1. The van der Waals surface area contributed by atoms with Gasteiger partial charge in [0, 0.05) is 18.3 Å². The Morgan fingerprint density at radius 3 is 2.23 bits per heavy atom. The highest BCUT2D eigenvalue weighted by molar-refractivity contribution is 5.48. The van der Waals surface area contributed by atoms with Gasteiger partial charge in [0.05, 0.1) is 6.17 Å². The van der Waals surface area contributed by atoms with E-state index in [1.165, 1.54) is 37.9 Å². The molecule has 1 aliphatic heterocycles. The van der Waals surface area contributed by atoms with E-state index in [0.29, 0.717) is 12.2 Å². The molecule has 1 saturated heterocycles. The first-order valence-corrected chi connectivity index (χ1v) is 8.43. The van der Waals surface area contributed by atoms with Gasteiger partial charge in [-0.05, 0) is 56.0 Å². The minimum atomic E-state index is 0.543. The Kier molecular flexibility index (Phi) is 3.63. The van der Waals surface area contributed by atoms with Crippen LogP contribution in [0.3, 0.4) is 0 Å². The molecule has 1 unspecified atom stereocenters. The Labute approximate surface area is 133 Å². The van der Waals surface area contributed by atoms with Gasteiger partial charge in [-0.15, -0.1) is 0 Å². The zero-order valence-corrected chi connectivity index (χ0v) is 13.3. The highest BCUT2D eigenvalue weighted by Gasteiger charge is 2.34. The fourth-order valence-electron chi connectivity index (χ4n) is 4.16. The van der Waals surface area contributed by atoms with Crippen molar-refractivity contribution in [2.24, 2.45) is 0 Å². The number of benzene rings is 2. The molecule has 2 heteroatoms.